The molecule has 0 spiro atoms. The van der Waals surface area contributed by atoms with E-state index in [1.807, 2.05) is 0 Å². The van der Waals surface area contributed by atoms with Gasteiger partial charge in [-0.3, -0.25) is 0 Å². The first kappa shape index (κ1) is 12.3. The maximum atomic E-state index is 12.4. The third-order valence-electron chi connectivity index (χ3n) is 2.14. The van der Waals surface area contributed by atoms with Crippen molar-refractivity contribution in [3.63, 3.8) is 0 Å². The average Bonchev–Trinajstić information content (AvgIpc) is 2.25. The third kappa shape index (κ3) is 2.85. The Morgan fingerprint density at radius 3 is 2.62 bits per heavy atom. The first-order chi connectivity index (χ1) is 7.56. The van der Waals surface area contributed by atoms with Gasteiger partial charge in [-0.1, -0.05) is 6.07 Å². The second-order valence-electron chi connectivity index (χ2n) is 3.23. The molecule has 0 radical (unpaired) electrons. The Labute approximate surface area is 90.7 Å². The predicted octanol–water partition coefficient (Wildman–Crippen LogP) is 2.45. The largest absolute Gasteiger partial charge is 0.478 e. The summed E-state index contributed by atoms with van der Waals surface area (Å²) in [7, 11) is 0. The van der Waals surface area contributed by atoms with E-state index in [1.165, 1.54) is 0 Å². The molecular formula is C11H10F2O3. The average molecular weight is 228 g/mol. The molecule has 5 heteroatoms. The van der Waals surface area contributed by atoms with Gasteiger partial charge in [-0.15, -0.1) is 0 Å². The Morgan fingerprint density at radius 1 is 1.44 bits per heavy atom. The Bertz CT molecular complexity index is 402. The molecule has 0 aliphatic carbocycles. The number of carbonyl (C=O) groups is 2. The number of rotatable bonds is 5. The standard InChI is InChI=1S/C11H10F2O3/c12-10(13)8-3-4-9(11(15)16)7(6-8)2-1-5-14/h3-6,10H,1-2H2,(H,15,16). The molecule has 0 aliphatic rings. The molecule has 0 aromatic heterocycles. The van der Waals surface area contributed by atoms with Crippen molar-refractivity contribution in [1.29, 1.82) is 0 Å². The van der Waals surface area contributed by atoms with Gasteiger partial charge in [0.25, 0.3) is 6.43 Å². The number of hydrogen-bond donors (Lipinski definition) is 1. The normalized spacial score (nSPS) is 10.4. The molecular weight excluding hydrogens is 218 g/mol. The lowest BCUT2D eigenvalue weighted by atomic mass is 10.0. The van der Waals surface area contributed by atoms with E-state index in [9.17, 15) is 18.4 Å². The number of carboxylic acid groups (broad SMARTS) is 1. The van der Waals surface area contributed by atoms with Crippen LogP contribution in [0.4, 0.5) is 8.78 Å². The number of halogens is 2. The molecule has 0 saturated carbocycles. The van der Waals surface area contributed by atoms with E-state index in [-0.39, 0.29) is 29.5 Å². The number of alkyl halides is 2. The maximum Gasteiger partial charge on any atom is 0.335 e. The molecule has 3 nitrogen and oxygen atoms in total. The zero-order valence-corrected chi connectivity index (χ0v) is 8.32. The van der Waals surface area contributed by atoms with Crippen LogP contribution in [0.2, 0.25) is 0 Å². The highest BCUT2D eigenvalue weighted by molar-refractivity contribution is 5.89. The van der Waals surface area contributed by atoms with E-state index < -0.39 is 12.4 Å². The molecule has 1 aromatic carbocycles. The summed E-state index contributed by atoms with van der Waals surface area (Å²) in [6.07, 6.45) is -1.74. The van der Waals surface area contributed by atoms with E-state index in [1.54, 1.807) is 0 Å². The van der Waals surface area contributed by atoms with Crippen LogP contribution in [0.25, 0.3) is 0 Å². The van der Waals surface area contributed by atoms with E-state index in [0.717, 1.165) is 18.2 Å². The summed E-state index contributed by atoms with van der Waals surface area (Å²) in [6.45, 7) is 0. The first-order valence-corrected chi connectivity index (χ1v) is 4.64. The van der Waals surface area contributed by atoms with Crippen LogP contribution in [0.5, 0.6) is 0 Å². The topological polar surface area (TPSA) is 54.4 Å². The summed E-state index contributed by atoms with van der Waals surface area (Å²) >= 11 is 0. The van der Waals surface area contributed by atoms with E-state index >= 15 is 0 Å². The molecule has 0 atom stereocenters. The molecule has 0 unspecified atom stereocenters. The molecule has 0 aliphatic heterocycles. The highest BCUT2D eigenvalue weighted by atomic mass is 19.3. The molecule has 0 heterocycles. The summed E-state index contributed by atoms with van der Waals surface area (Å²) < 4.78 is 24.8. The van der Waals surface area contributed by atoms with Gasteiger partial charge >= 0.3 is 5.97 Å². The van der Waals surface area contributed by atoms with Gasteiger partial charge in [0, 0.05) is 12.0 Å². The van der Waals surface area contributed by atoms with Gasteiger partial charge in [-0.05, 0) is 24.1 Å². The number of benzene rings is 1. The summed E-state index contributed by atoms with van der Waals surface area (Å²) in [4.78, 5) is 21.0. The fourth-order valence-electron chi connectivity index (χ4n) is 1.38. The van der Waals surface area contributed by atoms with Gasteiger partial charge in [0.05, 0.1) is 5.56 Å². The lowest BCUT2D eigenvalue weighted by Crippen LogP contribution is -2.04. The van der Waals surface area contributed by atoms with Crippen LogP contribution >= 0.6 is 0 Å². The number of carboxylic acids is 1. The van der Waals surface area contributed by atoms with Crippen LogP contribution in [0, 0.1) is 0 Å². The van der Waals surface area contributed by atoms with Crippen LogP contribution in [0.3, 0.4) is 0 Å². The van der Waals surface area contributed by atoms with Crippen molar-refractivity contribution in [3.05, 3.63) is 34.9 Å². The van der Waals surface area contributed by atoms with Gasteiger partial charge in [0.2, 0.25) is 0 Å². The van der Waals surface area contributed by atoms with Gasteiger partial charge in [0.1, 0.15) is 6.29 Å². The minimum Gasteiger partial charge on any atom is -0.478 e. The summed E-state index contributed by atoms with van der Waals surface area (Å²) in [6, 6.07) is 3.36. The van der Waals surface area contributed by atoms with Crippen molar-refractivity contribution in [2.75, 3.05) is 0 Å². The van der Waals surface area contributed by atoms with E-state index in [4.69, 9.17) is 5.11 Å². The molecule has 1 N–H and O–H groups in total. The van der Waals surface area contributed by atoms with Crippen molar-refractivity contribution in [1.82, 2.24) is 0 Å². The molecule has 16 heavy (non-hydrogen) atoms. The van der Waals surface area contributed by atoms with Crippen LogP contribution in [0.1, 0.15) is 34.3 Å². The van der Waals surface area contributed by atoms with Crippen molar-refractivity contribution in [2.24, 2.45) is 0 Å². The maximum absolute atomic E-state index is 12.4. The van der Waals surface area contributed by atoms with Crippen LogP contribution < -0.4 is 0 Å². The highest BCUT2D eigenvalue weighted by Crippen LogP contribution is 2.22. The Balaban J connectivity index is 3.10. The van der Waals surface area contributed by atoms with Gasteiger partial charge in [0.15, 0.2) is 0 Å². The van der Waals surface area contributed by atoms with Crippen molar-refractivity contribution < 1.29 is 23.5 Å². The highest BCUT2D eigenvalue weighted by Gasteiger charge is 2.14. The minimum absolute atomic E-state index is 0.0359. The van der Waals surface area contributed by atoms with Gasteiger partial charge < -0.3 is 9.90 Å². The van der Waals surface area contributed by atoms with Crippen molar-refractivity contribution >= 4 is 12.3 Å². The molecule has 86 valence electrons. The molecule has 0 bridgehead atoms. The monoisotopic (exact) mass is 228 g/mol. The number of carbonyl (C=O) groups excluding carboxylic acids is 1. The summed E-state index contributed by atoms with van der Waals surface area (Å²) in [5.74, 6) is -1.18. The van der Waals surface area contributed by atoms with Crippen LogP contribution in [0.15, 0.2) is 18.2 Å². The molecule has 1 aromatic rings. The second kappa shape index (κ2) is 5.34. The number of aromatic carboxylic acids is 1. The third-order valence-corrected chi connectivity index (χ3v) is 2.14. The van der Waals surface area contributed by atoms with Gasteiger partial charge in [-0.25, -0.2) is 13.6 Å². The molecule has 1 rings (SSSR count). The summed E-state index contributed by atoms with van der Waals surface area (Å²) in [5, 5.41) is 8.82. The quantitative estimate of drug-likeness (QED) is 0.787. The van der Waals surface area contributed by atoms with Crippen LogP contribution in [-0.2, 0) is 11.2 Å². The second-order valence-corrected chi connectivity index (χ2v) is 3.23. The van der Waals surface area contributed by atoms with E-state index in [0.29, 0.717) is 6.29 Å². The minimum atomic E-state index is -2.64. The zero-order valence-electron chi connectivity index (χ0n) is 8.32. The first-order valence-electron chi connectivity index (χ1n) is 4.64. The number of aryl methyl sites for hydroxylation is 1. The molecule has 0 amide bonds. The molecule has 0 saturated heterocycles. The van der Waals surface area contributed by atoms with Gasteiger partial charge in [-0.2, -0.15) is 0 Å². The van der Waals surface area contributed by atoms with Crippen molar-refractivity contribution in [2.45, 2.75) is 19.3 Å². The smallest absolute Gasteiger partial charge is 0.335 e. The van der Waals surface area contributed by atoms with Crippen LogP contribution in [-0.4, -0.2) is 17.4 Å². The fourth-order valence-corrected chi connectivity index (χ4v) is 1.38. The Kier molecular flexibility index (Phi) is 4.10. The number of aldehydes is 1. The van der Waals surface area contributed by atoms with E-state index in [2.05, 4.69) is 0 Å². The SMILES string of the molecule is O=CCCc1cc(C(F)F)ccc1C(=O)O. The van der Waals surface area contributed by atoms with Crippen molar-refractivity contribution in [3.8, 4) is 0 Å². The molecule has 0 fully saturated rings. The zero-order chi connectivity index (χ0) is 12.1. The predicted molar refractivity (Wildman–Crippen MR) is 52.7 cm³/mol. The Hall–Kier alpha value is -1.78. The summed E-state index contributed by atoms with van der Waals surface area (Å²) in [5.41, 5.74) is -0.00505. The Morgan fingerprint density at radius 2 is 2.12 bits per heavy atom. The lowest BCUT2D eigenvalue weighted by molar-refractivity contribution is -0.107. The lowest BCUT2D eigenvalue weighted by Gasteiger charge is -2.07. The number of hydrogen-bond acceptors (Lipinski definition) is 2. The fraction of sp³-hybridized carbons (Fsp3) is 0.273.